The summed E-state index contributed by atoms with van der Waals surface area (Å²) in [5, 5.41) is 12.7. The molecule has 0 aromatic carbocycles. The molecule has 0 radical (unpaired) electrons. The van der Waals surface area contributed by atoms with Crippen LogP contribution in [0.4, 0.5) is 10.2 Å². The highest BCUT2D eigenvalue weighted by molar-refractivity contribution is 7.22. The fraction of sp³-hybridized carbons (Fsp3) is 0.421. The smallest absolute Gasteiger partial charge is 0.256 e. The van der Waals surface area contributed by atoms with Crippen molar-refractivity contribution in [3.8, 4) is 10.6 Å². The third kappa shape index (κ3) is 2.83. The monoisotopic (exact) mass is 385 g/mol. The number of nitrogens with zero attached hydrogens (tertiary/aromatic N) is 3. The van der Waals surface area contributed by atoms with Crippen molar-refractivity contribution in [3.05, 3.63) is 40.8 Å². The summed E-state index contributed by atoms with van der Waals surface area (Å²) in [6, 6.07) is 7.68. The number of nitrogens with one attached hydrogen (secondary N) is 2. The molecular weight excluding hydrogens is 365 g/mol. The van der Waals surface area contributed by atoms with E-state index in [0.29, 0.717) is 17.2 Å². The maximum Gasteiger partial charge on any atom is 0.256 e. The van der Waals surface area contributed by atoms with E-state index >= 15 is 0 Å². The number of fused-ring (bicyclic) bond motifs is 3. The van der Waals surface area contributed by atoms with E-state index in [1.54, 1.807) is 6.20 Å². The molecule has 4 atom stereocenters. The minimum absolute atomic E-state index is 0.0416. The first kappa shape index (κ1) is 16.8. The van der Waals surface area contributed by atoms with Crippen molar-refractivity contribution in [2.75, 3.05) is 11.9 Å². The summed E-state index contributed by atoms with van der Waals surface area (Å²) in [5.74, 6) is 0.673. The summed E-state index contributed by atoms with van der Waals surface area (Å²) in [5.41, 5.74) is 0.615. The van der Waals surface area contributed by atoms with E-state index in [1.807, 2.05) is 36.2 Å². The molecule has 2 aliphatic heterocycles. The lowest BCUT2D eigenvalue weighted by atomic mass is 9.96. The summed E-state index contributed by atoms with van der Waals surface area (Å²) in [7, 11) is 1.89. The molecule has 2 fully saturated rings. The van der Waals surface area contributed by atoms with Gasteiger partial charge >= 0.3 is 0 Å². The first-order chi connectivity index (χ1) is 13.1. The lowest BCUT2D eigenvalue weighted by molar-refractivity contribution is 0.176. The van der Waals surface area contributed by atoms with Crippen LogP contribution in [0, 0.1) is 0 Å². The maximum absolute atomic E-state index is 14.8. The first-order valence-electron chi connectivity index (χ1n) is 9.18. The van der Waals surface area contributed by atoms with Crippen molar-refractivity contribution >= 4 is 27.2 Å². The molecule has 2 saturated heterocycles. The third-order valence-corrected chi connectivity index (χ3v) is 6.89. The summed E-state index contributed by atoms with van der Waals surface area (Å²) < 4.78 is 15.7. The number of hydrogen-bond donors (Lipinski definition) is 2. The van der Waals surface area contributed by atoms with Crippen LogP contribution in [0.2, 0.25) is 0 Å². The van der Waals surface area contributed by atoms with Crippen molar-refractivity contribution in [2.24, 2.45) is 0 Å². The topological polar surface area (TPSA) is 73.9 Å². The van der Waals surface area contributed by atoms with E-state index in [-0.39, 0.29) is 17.6 Å². The molecule has 3 aromatic heterocycles. The van der Waals surface area contributed by atoms with Crippen molar-refractivity contribution in [2.45, 2.75) is 43.6 Å². The van der Waals surface area contributed by atoms with E-state index in [0.717, 1.165) is 34.5 Å². The van der Waals surface area contributed by atoms with Crippen molar-refractivity contribution in [1.82, 2.24) is 20.5 Å². The minimum atomic E-state index is -0.899. The van der Waals surface area contributed by atoms with Crippen LogP contribution in [0.5, 0.6) is 0 Å². The molecule has 3 aromatic rings. The molecule has 2 bridgehead atoms. The molecule has 0 unspecified atom stereocenters. The molecule has 0 spiro atoms. The minimum Gasteiger partial charge on any atom is -0.352 e. The Bertz CT molecular complexity index is 1030. The number of H-pyrrole nitrogens is 1. The highest BCUT2D eigenvalue weighted by Crippen LogP contribution is 2.34. The molecule has 0 saturated carbocycles. The third-order valence-electron chi connectivity index (χ3n) is 5.77. The van der Waals surface area contributed by atoms with Gasteiger partial charge in [-0.1, -0.05) is 0 Å². The quantitative estimate of drug-likeness (QED) is 0.725. The molecule has 5 heterocycles. The Hall–Kier alpha value is -2.32. The van der Waals surface area contributed by atoms with Gasteiger partial charge in [-0.15, -0.1) is 21.5 Å². The highest BCUT2D eigenvalue weighted by atomic mass is 32.1. The van der Waals surface area contributed by atoms with Gasteiger partial charge in [-0.3, -0.25) is 4.79 Å². The Morgan fingerprint density at radius 3 is 2.93 bits per heavy atom. The molecular formula is C19H20FN5OS. The van der Waals surface area contributed by atoms with Crippen LogP contribution in [0.1, 0.15) is 19.3 Å². The largest absolute Gasteiger partial charge is 0.352 e. The second-order valence-electron chi connectivity index (χ2n) is 7.38. The Kier molecular flexibility index (Phi) is 3.98. The predicted octanol–water partition coefficient (Wildman–Crippen LogP) is 2.71. The number of halogens is 1. The number of aromatic nitrogens is 3. The summed E-state index contributed by atoms with van der Waals surface area (Å²) in [6.45, 7) is 0. The number of aromatic amines is 1. The zero-order valence-corrected chi connectivity index (χ0v) is 15.7. The zero-order valence-electron chi connectivity index (χ0n) is 14.9. The van der Waals surface area contributed by atoms with Crippen LogP contribution in [-0.4, -0.2) is 46.5 Å². The molecule has 8 heteroatoms. The average Bonchev–Trinajstić information content (AvgIpc) is 3.30. The number of pyridine rings is 1. The Balaban J connectivity index is 1.41. The molecule has 2 aliphatic rings. The number of rotatable bonds is 3. The molecule has 5 rings (SSSR count). The van der Waals surface area contributed by atoms with Gasteiger partial charge in [0, 0.05) is 30.0 Å². The van der Waals surface area contributed by atoms with Gasteiger partial charge in [0.1, 0.15) is 11.9 Å². The Morgan fingerprint density at radius 1 is 1.26 bits per heavy atom. The predicted molar refractivity (Wildman–Crippen MR) is 105 cm³/mol. The van der Waals surface area contributed by atoms with Gasteiger partial charge in [-0.05, 0) is 43.5 Å². The summed E-state index contributed by atoms with van der Waals surface area (Å²) in [6.07, 6.45) is 3.49. The van der Waals surface area contributed by atoms with Gasteiger partial charge in [0.15, 0.2) is 5.82 Å². The molecule has 6 nitrogen and oxygen atoms in total. The van der Waals surface area contributed by atoms with Crippen molar-refractivity contribution in [1.29, 1.82) is 0 Å². The van der Waals surface area contributed by atoms with Gasteiger partial charge in [-0.2, -0.15) is 0 Å². The Morgan fingerprint density at radius 2 is 2.15 bits per heavy atom. The normalized spacial score (nSPS) is 27.2. The zero-order chi connectivity index (χ0) is 18.5. The SMILES string of the molecule is CN(c1ccc(-c2cc3c(=O)[nH]ccc3s2)nn1)[C@H]1C[C@@H]2CC[C@@H](N2)[C@H]1F. The molecule has 140 valence electrons. The van der Waals surface area contributed by atoms with E-state index in [1.165, 1.54) is 11.3 Å². The molecule has 27 heavy (non-hydrogen) atoms. The number of hydrogen-bond acceptors (Lipinski definition) is 6. The van der Waals surface area contributed by atoms with Crippen LogP contribution >= 0.6 is 11.3 Å². The van der Waals surface area contributed by atoms with E-state index in [4.69, 9.17) is 0 Å². The van der Waals surface area contributed by atoms with E-state index in [2.05, 4.69) is 20.5 Å². The first-order valence-corrected chi connectivity index (χ1v) is 10.00. The van der Waals surface area contributed by atoms with Gasteiger partial charge in [0.25, 0.3) is 5.56 Å². The van der Waals surface area contributed by atoms with Crippen LogP contribution < -0.4 is 15.8 Å². The average molecular weight is 385 g/mol. The van der Waals surface area contributed by atoms with Gasteiger partial charge in [0.05, 0.1) is 16.3 Å². The van der Waals surface area contributed by atoms with Crippen molar-refractivity contribution < 1.29 is 4.39 Å². The van der Waals surface area contributed by atoms with Crippen LogP contribution in [0.25, 0.3) is 20.7 Å². The van der Waals surface area contributed by atoms with Crippen LogP contribution in [0.3, 0.4) is 0 Å². The number of anilines is 1. The molecule has 2 N–H and O–H groups in total. The molecule has 0 aliphatic carbocycles. The fourth-order valence-corrected chi connectivity index (χ4v) is 5.29. The van der Waals surface area contributed by atoms with Gasteiger partial charge < -0.3 is 15.2 Å². The van der Waals surface area contributed by atoms with Crippen molar-refractivity contribution in [3.63, 3.8) is 0 Å². The fourth-order valence-electron chi connectivity index (χ4n) is 4.27. The molecule has 0 amide bonds. The Labute approximate surface area is 159 Å². The highest BCUT2D eigenvalue weighted by Gasteiger charge is 2.43. The van der Waals surface area contributed by atoms with Gasteiger partial charge in [0.2, 0.25) is 0 Å². The summed E-state index contributed by atoms with van der Waals surface area (Å²) in [4.78, 5) is 17.4. The van der Waals surface area contributed by atoms with Crippen LogP contribution in [-0.2, 0) is 0 Å². The lowest BCUT2D eigenvalue weighted by Crippen LogP contribution is -2.55. The second-order valence-corrected chi connectivity index (χ2v) is 8.46. The lowest BCUT2D eigenvalue weighted by Gasteiger charge is -2.38. The standard InChI is InChI=1S/C19H20FN5OS/c1-25(14-8-10-2-3-13(22-10)18(14)20)17-5-4-12(23-24-17)16-9-11-15(27-16)6-7-21-19(11)26/h4-7,9-10,13-14,18,22H,2-3,8H2,1H3,(H,21,26)/t10-,13+,14-,18+/m0/s1. The van der Waals surface area contributed by atoms with Crippen LogP contribution in [0.15, 0.2) is 35.3 Å². The summed E-state index contributed by atoms with van der Waals surface area (Å²) >= 11 is 1.51. The van der Waals surface area contributed by atoms with E-state index < -0.39 is 6.17 Å². The van der Waals surface area contributed by atoms with Gasteiger partial charge in [-0.25, -0.2) is 4.39 Å². The van der Waals surface area contributed by atoms with E-state index in [9.17, 15) is 9.18 Å². The number of piperidine rings is 1. The maximum atomic E-state index is 14.8. The number of thiophene rings is 1. The number of alkyl halides is 1. The second kappa shape index (κ2) is 6.38.